The second kappa shape index (κ2) is 6.74. The molecule has 0 aliphatic heterocycles. The molecule has 0 saturated heterocycles. The van der Waals surface area contributed by atoms with Crippen molar-refractivity contribution in [2.75, 3.05) is 6.26 Å². The summed E-state index contributed by atoms with van der Waals surface area (Å²) in [6.07, 6.45) is 1.69. The lowest BCUT2D eigenvalue weighted by Gasteiger charge is -2.03. The molecule has 0 aliphatic carbocycles. The van der Waals surface area contributed by atoms with Crippen LogP contribution in [0.3, 0.4) is 0 Å². The largest absolute Gasteiger partial charge is 0.489 e. The predicted molar refractivity (Wildman–Crippen MR) is 63.1 cm³/mol. The van der Waals surface area contributed by atoms with Gasteiger partial charge in [0.05, 0.1) is 5.56 Å². The molecule has 0 unspecified atom stereocenters. The van der Waals surface area contributed by atoms with Crippen molar-refractivity contribution in [2.24, 2.45) is 0 Å². The van der Waals surface area contributed by atoms with Gasteiger partial charge in [-0.05, 0) is 24.5 Å². The number of hydrogen-bond donors (Lipinski definition) is 4. The normalized spacial score (nSPS) is 8.87. The van der Waals surface area contributed by atoms with Gasteiger partial charge in [0.25, 0.3) is 0 Å². The van der Waals surface area contributed by atoms with Crippen LogP contribution in [0.5, 0.6) is 0 Å². The average Bonchev–Trinajstić information content (AvgIpc) is 2.20. The van der Waals surface area contributed by atoms with Gasteiger partial charge in [0, 0.05) is 10.5 Å². The fraction of sp³-hybridized carbons (Fsp3) is 0.125. The number of carboxylic acid groups (broad SMARTS) is 1. The summed E-state index contributed by atoms with van der Waals surface area (Å²) in [5.74, 6) is -1.14. The van der Waals surface area contributed by atoms with E-state index in [9.17, 15) is 4.79 Å². The van der Waals surface area contributed by atoms with Gasteiger partial charge in [-0.15, -0.1) is 0 Å². The Bertz CT molecular complexity index is 345. The number of carbonyl (C=O) groups is 1. The van der Waals surface area contributed by atoms with Crippen LogP contribution in [-0.2, 0) is 0 Å². The zero-order valence-electron chi connectivity index (χ0n) is 7.88. The molecule has 0 fully saturated rings. The highest BCUT2D eigenvalue weighted by molar-refractivity contribution is 7.79. The summed E-state index contributed by atoms with van der Waals surface area (Å²) in [5.41, 5.74) is -0.0472. The van der Waals surface area contributed by atoms with Crippen LogP contribution in [0.25, 0.3) is 0 Å². The Morgan fingerprint density at radius 2 is 1.93 bits per heavy atom. The lowest BCUT2D eigenvalue weighted by molar-refractivity contribution is 0.0697. The van der Waals surface area contributed by atoms with Crippen molar-refractivity contribution >= 4 is 42.8 Å². The molecule has 1 aromatic rings. The summed E-state index contributed by atoms with van der Waals surface area (Å²) in [7, 11) is -1.76. The zero-order valence-corrected chi connectivity index (χ0v) is 9.53. The van der Waals surface area contributed by atoms with Crippen molar-refractivity contribution in [3.63, 3.8) is 0 Å². The number of aromatic carboxylic acids is 1. The minimum Gasteiger partial charge on any atom is -0.478 e. The first kappa shape index (κ1) is 14.3. The molecule has 0 aliphatic rings. The molecule has 0 atom stereocenters. The van der Waals surface area contributed by atoms with E-state index in [2.05, 4.69) is 12.6 Å². The van der Waals surface area contributed by atoms with E-state index in [0.717, 1.165) is 6.07 Å². The first-order valence-corrected chi connectivity index (χ1v) is 5.13. The number of hydrogen-bond acceptors (Lipinski definition) is 4. The minimum atomic E-state index is -1.76. The summed E-state index contributed by atoms with van der Waals surface area (Å²) in [5, 5.41) is 26.3. The summed E-state index contributed by atoms with van der Waals surface area (Å²) < 4.78 is 0. The van der Waals surface area contributed by atoms with Crippen LogP contribution in [0.15, 0.2) is 18.2 Å². The van der Waals surface area contributed by atoms with Gasteiger partial charge < -0.3 is 15.2 Å². The van der Waals surface area contributed by atoms with Crippen LogP contribution in [0.4, 0.5) is 0 Å². The molecule has 1 rings (SSSR count). The number of rotatable bonds is 2. The highest BCUT2D eigenvalue weighted by Gasteiger charge is 2.17. The van der Waals surface area contributed by atoms with Gasteiger partial charge in [-0.1, -0.05) is 11.6 Å². The molecule has 0 bridgehead atoms. The highest BCUT2D eigenvalue weighted by atomic mass is 35.5. The molecule has 0 amide bonds. The van der Waals surface area contributed by atoms with Crippen molar-refractivity contribution in [3.05, 3.63) is 28.8 Å². The van der Waals surface area contributed by atoms with Crippen LogP contribution in [0, 0.1) is 0 Å². The summed E-state index contributed by atoms with van der Waals surface area (Å²) in [4.78, 5) is 10.5. The van der Waals surface area contributed by atoms with E-state index in [0.29, 0.717) is 0 Å². The van der Waals surface area contributed by atoms with E-state index < -0.39 is 13.1 Å². The molecule has 82 valence electrons. The van der Waals surface area contributed by atoms with Gasteiger partial charge in [-0.2, -0.15) is 12.6 Å². The maximum absolute atomic E-state index is 10.5. The average molecular weight is 248 g/mol. The van der Waals surface area contributed by atoms with Gasteiger partial charge in [-0.25, -0.2) is 4.79 Å². The monoisotopic (exact) mass is 248 g/mol. The van der Waals surface area contributed by atoms with E-state index in [1.165, 1.54) is 12.1 Å². The van der Waals surface area contributed by atoms with Crippen molar-refractivity contribution in [1.29, 1.82) is 0 Å². The summed E-state index contributed by atoms with van der Waals surface area (Å²) >= 11 is 9.11. The highest BCUT2D eigenvalue weighted by Crippen LogP contribution is 2.08. The molecule has 0 saturated carbocycles. The standard InChI is InChI=1S/C7H6BClO4.CH4S/c9-6-2-1-4(7(10)11)3-5(6)8(12)13;1-2/h1-3,12-13H,(H,10,11);2H,1H3. The molecule has 3 N–H and O–H groups in total. The molecule has 0 radical (unpaired) electrons. The van der Waals surface area contributed by atoms with Crippen molar-refractivity contribution in [2.45, 2.75) is 0 Å². The molecular formula is C8H10BClO4S. The minimum absolute atomic E-state index is 0.0124. The second-order valence-corrected chi connectivity index (χ2v) is 2.82. The van der Waals surface area contributed by atoms with Crippen molar-refractivity contribution < 1.29 is 19.9 Å². The Balaban J connectivity index is 0.000000921. The molecule has 0 aromatic heterocycles. The van der Waals surface area contributed by atoms with Crippen molar-refractivity contribution in [3.8, 4) is 0 Å². The van der Waals surface area contributed by atoms with Crippen LogP contribution < -0.4 is 5.46 Å². The van der Waals surface area contributed by atoms with Crippen LogP contribution >= 0.6 is 24.2 Å². The SMILES string of the molecule is CS.O=C(O)c1ccc(Cl)c(B(O)O)c1. The van der Waals surface area contributed by atoms with Gasteiger partial charge >= 0.3 is 13.1 Å². The summed E-state index contributed by atoms with van der Waals surface area (Å²) in [6, 6.07) is 3.71. The van der Waals surface area contributed by atoms with Gasteiger partial charge in [-0.3, -0.25) is 0 Å². The first-order chi connectivity index (χ1) is 7.02. The van der Waals surface area contributed by atoms with Crippen LogP contribution in [-0.4, -0.2) is 34.5 Å². The Morgan fingerprint density at radius 3 is 2.33 bits per heavy atom. The molecule has 1 aromatic carbocycles. The molecule has 15 heavy (non-hydrogen) atoms. The smallest absolute Gasteiger partial charge is 0.478 e. The molecule has 0 heterocycles. The Labute approximate surface area is 98.1 Å². The molecular weight excluding hydrogens is 238 g/mol. The maximum atomic E-state index is 10.5. The topological polar surface area (TPSA) is 77.8 Å². The zero-order chi connectivity index (χ0) is 12.0. The molecule has 0 spiro atoms. The predicted octanol–water partition coefficient (Wildman–Crippen LogP) is 0.264. The Hall–Kier alpha value is -0.685. The van der Waals surface area contributed by atoms with E-state index in [1.807, 2.05) is 0 Å². The van der Waals surface area contributed by atoms with Gasteiger partial charge in [0.2, 0.25) is 0 Å². The summed E-state index contributed by atoms with van der Waals surface area (Å²) in [6.45, 7) is 0. The lowest BCUT2D eigenvalue weighted by atomic mass is 9.79. The first-order valence-electron chi connectivity index (χ1n) is 3.86. The fourth-order valence-electron chi connectivity index (χ4n) is 0.875. The van der Waals surface area contributed by atoms with E-state index in [-0.39, 0.29) is 16.0 Å². The Kier molecular flexibility index (Phi) is 6.43. The number of benzene rings is 1. The van der Waals surface area contributed by atoms with Crippen LogP contribution in [0.2, 0.25) is 5.02 Å². The second-order valence-electron chi connectivity index (χ2n) is 2.42. The van der Waals surface area contributed by atoms with Gasteiger partial charge in [0.15, 0.2) is 0 Å². The fourth-order valence-corrected chi connectivity index (χ4v) is 1.09. The third-order valence-electron chi connectivity index (χ3n) is 1.52. The third kappa shape index (κ3) is 4.13. The van der Waals surface area contributed by atoms with E-state index in [1.54, 1.807) is 6.26 Å². The number of thiol groups is 1. The lowest BCUT2D eigenvalue weighted by Crippen LogP contribution is -2.31. The number of carboxylic acids is 1. The Morgan fingerprint density at radius 1 is 1.40 bits per heavy atom. The molecule has 4 nitrogen and oxygen atoms in total. The van der Waals surface area contributed by atoms with Gasteiger partial charge in [0.1, 0.15) is 0 Å². The number of halogens is 1. The van der Waals surface area contributed by atoms with E-state index in [4.69, 9.17) is 26.8 Å². The molecule has 7 heteroatoms. The van der Waals surface area contributed by atoms with Crippen LogP contribution in [0.1, 0.15) is 10.4 Å². The van der Waals surface area contributed by atoms with E-state index >= 15 is 0 Å². The van der Waals surface area contributed by atoms with Crippen molar-refractivity contribution in [1.82, 2.24) is 0 Å². The third-order valence-corrected chi connectivity index (χ3v) is 1.87. The maximum Gasteiger partial charge on any atom is 0.489 e. The quantitative estimate of drug-likeness (QED) is 0.447.